The number of nitrogens with one attached hydrogen (secondary N) is 1. The molecule has 0 unspecified atom stereocenters. The van der Waals surface area contributed by atoms with Crippen LogP contribution in [0.15, 0.2) is 58.8 Å². The van der Waals surface area contributed by atoms with Crippen molar-refractivity contribution in [2.75, 3.05) is 18.4 Å². The highest BCUT2D eigenvalue weighted by Gasteiger charge is 2.10. The van der Waals surface area contributed by atoms with Crippen molar-refractivity contribution in [2.24, 2.45) is 5.10 Å². The number of hydrogen-bond acceptors (Lipinski definition) is 7. The number of rotatable bonds is 7. The number of ether oxygens (including phenoxy) is 1. The summed E-state index contributed by atoms with van der Waals surface area (Å²) in [6.45, 7) is 2.09. The van der Waals surface area contributed by atoms with Crippen LogP contribution in [0.3, 0.4) is 0 Å². The Morgan fingerprint density at radius 2 is 1.96 bits per heavy atom. The van der Waals surface area contributed by atoms with Crippen LogP contribution in [0.1, 0.15) is 16.7 Å². The molecule has 1 aromatic heterocycles. The number of benzene rings is 2. The van der Waals surface area contributed by atoms with Crippen molar-refractivity contribution >= 4 is 23.9 Å². The van der Waals surface area contributed by atoms with Crippen LogP contribution >= 0.6 is 11.8 Å². The number of aromatic nitrogens is 3. The van der Waals surface area contributed by atoms with Gasteiger partial charge >= 0.3 is 0 Å². The average molecular weight is 368 g/mol. The van der Waals surface area contributed by atoms with Crippen molar-refractivity contribution < 1.29 is 4.74 Å². The van der Waals surface area contributed by atoms with E-state index in [4.69, 9.17) is 10.6 Å². The zero-order chi connectivity index (χ0) is 18.4. The number of nitrogens with zero attached hydrogens (tertiary/aromatic N) is 4. The molecule has 134 valence electrons. The van der Waals surface area contributed by atoms with Gasteiger partial charge in [0.1, 0.15) is 5.75 Å². The monoisotopic (exact) mass is 368 g/mol. The van der Waals surface area contributed by atoms with Gasteiger partial charge in [0.05, 0.1) is 13.3 Å². The van der Waals surface area contributed by atoms with E-state index in [1.165, 1.54) is 27.6 Å². The van der Waals surface area contributed by atoms with E-state index in [-0.39, 0.29) is 0 Å². The van der Waals surface area contributed by atoms with E-state index in [2.05, 4.69) is 39.8 Å². The lowest BCUT2D eigenvalue weighted by atomic mass is 10.1. The number of aryl methyl sites for hydroxylation is 1. The van der Waals surface area contributed by atoms with Crippen LogP contribution in [0, 0.1) is 6.92 Å². The zero-order valence-corrected chi connectivity index (χ0v) is 15.4. The van der Waals surface area contributed by atoms with Crippen LogP contribution in [-0.2, 0) is 5.75 Å². The number of thioether (sulfide) groups is 1. The van der Waals surface area contributed by atoms with Gasteiger partial charge in [0.2, 0.25) is 5.16 Å². The molecule has 0 spiro atoms. The molecule has 2 aromatic carbocycles. The molecule has 3 aromatic rings. The van der Waals surface area contributed by atoms with E-state index in [1.807, 2.05) is 36.4 Å². The predicted molar refractivity (Wildman–Crippen MR) is 105 cm³/mol. The molecule has 0 amide bonds. The molecular weight excluding hydrogens is 348 g/mol. The summed E-state index contributed by atoms with van der Waals surface area (Å²) in [5.74, 6) is 7.99. The maximum Gasteiger partial charge on any atom is 0.264 e. The molecule has 1 heterocycles. The minimum atomic E-state index is 0.377. The first-order chi connectivity index (χ1) is 12.7. The first-order valence-electron chi connectivity index (χ1n) is 7.98. The van der Waals surface area contributed by atoms with Gasteiger partial charge in [0.15, 0.2) is 0 Å². The van der Waals surface area contributed by atoms with Crippen molar-refractivity contribution in [2.45, 2.75) is 17.8 Å². The fourth-order valence-corrected chi connectivity index (χ4v) is 3.15. The van der Waals surface area contributed by atoms with Gasteiger partial charge in [-0.15, -0.1) is 10.2 Å². The summed E-state index contributed by atoms with van der Waals surface area (Å²) in [5.41, 5.74) is 6.22. The molecule has 0 radical (unpaired) electrons. The second-order valence-corrected chi connectivity index (χ2v) is 6.48. The minimum Gasteiger partial charge on any atom is -0.497 e. The van der Waals surface area contributed by atoms with E-state index >= 15 is 0 Å². The summed E-state index contributed by atoms with van der Waals surface area (Å²) in [7, 11) is 1.63. The highest BCUT2D eigenvalue weighted by molar-refractivity contribution is 7.98. The van der Waals surface area contributed by atoms with Crippen LogP contribution in [0.4, 0.5) is 5.95 Å². The summed E-state index contributed by atoms with van der Waals surface area (Å²) < 4.78 is 6.52. The third kappa shape index (κ3) is 4.34. The van der Waals surface area contributed by atoms with Crippen LogP contribution < -0.4 is 16.0 Å². The smallest absolute Gasteiger partial charge is 0.264 e. The number of nitrogens with two attached hydrogens (primary N) is 1. The lowest BCUT2D eigenvalue weighted by molar-refractivity contribution is 0.415. The molecule has 0 atom stereocenters. The molecule has 0 saturated carbocycles. The Bertz CT molecular complexity index is 891. The van der Waals surface area contributed by atoms with Gasteiger partial charge in [-0.05, 0) is 47.9 Å². The fourth-order valence-electron chi connectivity index (χ4n) is 2.22. The van der Waals surface area contributed by atoms with Crippen molar-refractivity contribution in [1.29, 1.82) is 0 Å². The second-order valence-electron chi connectivity index (χ2n) is 5.53. The van der Waals surface area contributed by atoms with E-state index in [9.17, 15) is 0 Å². The van der Waals surface area contributed by atoms with Crippen molar-refractivity contribution in [3.63, 3.8) is 0 Å². The minimum absolute atomic E-state index is 0.377. The van der Waals surface area contributed by atoms with Crippen molar-refractivity contribution in [1.82, 2.24) is 14.9 Å². The second kappa shape index (κ2) is 8.39. The number of anilines is 1. The van der Waals surface area contributed by atoms with Gasteiger partial charge in [-0.25, -0.2) is 10.1 Å². The molecule has 3 rings (SSSR count). The molecule has 0 fully saturated rings. The fraction of sp³-hybridized carbons (Fsp3) is 0.167. The molecule has 0 saturated heterocycles. The Labute approximate surface area is 156 Å². The molecule has 0 aliphatic heterocycles. The largest absolute Gasteiger partial charge is 0.497 e. The molecule has 7 nitrogen and oxygen atoms in total. The van der Waals surface area contributed by atoms with Gasteiger partial charge in [0.25, 0.3) is 5.95 Å². The summed E-state index contributed by atoms with van der Waals surface area (Å²) in [4.78, 5) is 0. The number of hydrogen-bond donors (Lipinski definition) is 2. The Balaban J connectivity index is 1.59. The van der Waals surface area contributed by atoms with Crippen LogP contribution in [0.2, 0.25) is 0 Å². The molecule has 26 heavy (non-hydrogen) atoms. The van der Waals surface area contributed by atoms with Gasteiger partial charge in [-0.1, -0.05) is 36.0 Å². The molecular formula is C18H20N6OS. The van der Waals surface area contributed by atoms with Crippen molar-refractivity contribution in [3.8, 4) is 5.75 Å². The highest BCUT2D eigenvalue weighted by Crippen LogP contribution is 2.23. The maximum atomic E-state index is 6.04. The van der Waals surface area contributed by atoms with E-state index in [1.54, 1.807) is 13.3 Å². The van der Waals surface area contributed by atoms with E-state index < -0.39 is 0 Å². The molecule has 8 heteroatoms. The van der Waals surface area contributed by atoms with Crippen LogP contribution in [0.5, 0.6) is 5.75 Å². The van der Waals surface area contributed by atoms with Gasteiger partial charge in [0, 0.05) is 5.75 Å². The first kappa shape index (κ1) is 17.8. The first-order valence-corrected chi connectivity index (χ1v) is 8.97. The number of methoxy groups -OCH3 is 1. The Morgan fingerprint density at radius 1 is 1.19 bits per heavy atom. The maximum absolute atomic E-state index is 6.04. The topological polar surface area (TPSA) is 90.3 Å². The highest BCUT2D eigenvalue weighted by atomic mass is 32.2. The van der Waals surface area contributed by atoms with Gasteiger partial charge in [-0.3, -0.25) is 0 Å². The number of nitrogen functional groups attached to an aromatic ring is 1. The Hall–Kier alpha value is -3.00. The van der Waals surface area contributed by atoms with E-state index in [0.717, 1.165) is 17.1 Å². The van der Waals surface area contributed by atoms with Crippen LogP contribution in [0.25, 0.3) is 0 Å². The van der Waals surface area contributed by atoms with E-state index in [0.29, 0.717) is 11.1 Å². The third-order valence-corrected chi connectivity index (χ3v) is 4.77. The summed E-state index contributed by atoms with van der Waals surface area (Å²) in [6, 6.07) is 15.8. The summed E-state index contributed by atoms with van der Waals surface area (Å²) >= 11 is 1.53. The zero-order valence-electron chi connectivity index (χ0n) is 14.6. The third-order valence-electron chi connectivity index (χ3n) is 3.78. The quantitative estimate of drug-likeness (QED) is 0.288. The Kier molecular flexibility index (Phi) is 5.75. The standard InChI is InChI=1S/C18H20N6OS/c1-13-5-3-4-6-15(13)12-26-18-23-22-17(24(18)19)21-20-11-14-7-9-16(25-2)10-8-14/h3-11H,12,19H2,1-2H3,(H,21,22)/b20-11+. The predicted octanol–water partition coefficient (Wildman–Crippen LogP) is 3.05. The van der Waals surface area contributed by atoms with Crippen LogP contribution in [-0.4, -0.2) is 28.2 Å². The molecule has 0 aliphatic rings. The lowest BCUT2D eigenvalue weighted by Gasteiger charge is -2.05. The summed E-state index contributed by atoms with van der Waals surface area (Å²) in [6.07, 6.45) is 1.67. The molecule has 0 aliphatic carbocycles. The van der Waals surface area contributed by atoms with Crippen molar-refractivity contribution in [3.05, 3.63) is 65.2 Å². The molecule has 0 bridgehead atoms. The SMILES string of the molecule is COc1ccc(/C=N/Nc2nnc(SCc3ccccc3C)n2N)cc1. The summed E-state index contributed by atoms with van der Waals surface area (Å²) in [5, 5.41) is 12.9. The lowest BCUT2D eigenvalue weighted by Crippen LogP contribution is -2.13. The molecule has 3 N–H and O–H groups in total. The van der Waals surface area contributed by atoms with Gasteiger partial charge in [-0.2, -0.15) is 5.10 Å². The average Bonchev–Trinajstić information content (AvgIpc) is 3.02. The Morgan fingerprint density at radius 3 is 2.69 bits per heavy atom. The van der Waals surface area contributed by atoms with Gasteiger partial charge < -0.3 is 10.6 Å². The number of hydrazone groups is 1. The normalized spacial score (nSPS) is 11.0.